The maximum Gasteiger partial charge on any atom is 0.189 e. The molecule has 0 saturated carbocycles. The molecule has 92 valence electrons. The third kappa shape index (κ3) is 2.96. The number of aromatic nitrogens is 2. The molecule has 0 amide bonds. The van der Waals surface area contributed by atoms with E-state index in [0.717, 1.165) is 16.6 Å². The zero-order valence-corrected chi connectivity index (χ0v) is 11.6. The number of benzene rings is 1. The molecular weight excluding hydrogens is 292 g/mol. The normalized spacial score (nSPS) is 11.0. The third-order valence-electron chi connectivity index (χ3n) is 2.56. The van der Waals surface area contributed by atoms with E-state index in [4.69, 9.17) is 0 Å². The largest absolute Gasteiger partial charge is 0.289 e. The van der Waals surface area contributed by atoms with Gasteiger partial charge in [0.1, 0.15) is 0 Å². The minimum absolute atomic E-state index is 0.0366. The maximum atomic E-state index is 11.9. The Hall–Kier alpha value is -1.68. The average molecular weight is 305 g/mol. The topological polar surface area (TPSA) is 34.9 Å². The Balaban J connectivity index is 2.14. The molecule has 1 aromatic heterocycles. The van der Waals surface area contributed by atoms with Crippen LogP contribution in [0.5, 0.6) is 0 Å². The first kappa shape index (κ1) is 12.8. The summed E-state index contributed by atoms with van der Waals surface area (Å²) in [5.41, 5.74) is 1.59. The number of carbonyl (C=O) groups excluding carboxylic acids is 1. The lowest BCUT2D eigenvalue weighted by molar-refractivity contribution is 0.104. The highest BCUT2D eigenvalue weighted by molar-refractivity contribution is 9.10. The summed E-state index contributed by atoms with van der Waals surface area (Å²) < 4.78 is 2.71. The molecule has 0 saturated heterocycles. The fourth-order valence-electron chi connectivity index (χ4n) is 1.54. The fourth-order valence-corrected chi connectivity index (χ4v) is 1.95. The molecule has 0 spiro atoms. The standard InChI is InChI=1S/C14H13BrN2O/c1-2-17-10-12(9-16-17)14(18)8-7-11-5-3-4-6-13(11)15/h3-10H,2H2,1H3/b8-7+. The van der Waals surface area contributed by atoms with Crippen molar-refractivity contribution in [3.63, 3.8) is 0 Å². The maximum absolute atomic E-state index is 11.9. The van der Waals surface area contributed by atoms with E-state index >= 15 is 0 Å². The highest BCUT2D eigenvalue weighted by Crippen LogP contribution is 2.17. The smallest absolute Gasteiger partial charge is 0.189 e. The Kier molecular flexibility index (Phi) is 4.10. The van der Waals surface area contributed by atoms with Gasteiger partial charge >= 0.3 is 0 Å². The summed E-state index contributed by atoms with van der Waals surface area (Å²) in [6.45, 7) is 2.75. The lowest BCUT2D eigenvalue weighted by Crippen LogP contribution is -1.94. The number of ketones is 1. The Morgan fingerprint density at radius 3 is 2.89 bits per heavy atom. The number of rotatable bonds is 4. The van der Waals surface area contributed by atoms with Gasteiger partial charge in [-0.15, -0.1) is 0 Å². The van der Waals surface area contributed by atoms with Gasteiger partial charge in [0.2, 0.25) is 0 Å². The summed E-state index contributed by atoms with van der Waals surface area (Å²) in [4.78, 5) is 11.9. The zero-order chi connectivity index (χ0) is 13.0. The van der Waals surface area contributed by atoms with Crippen LogP contribution in [0.4, 0.5) is 0 Å². The monoisotopic (exact) mass is 304 g/mol. The second kappa shape index (κ2) is 5.78. The molecule has 0 aliphatic heterocycles. The Bertz CT molecular complexity index is 587. The van der Waals surface area contributed by atoms with Gasteiger partial charge < -0.3 is 0 Å². The second-order valence-corrected chi connectivity index (χ2v) is 4.66. The predicted molar refractivity (Wildman–Crippen MR) is 75.4 cm³/mol. The lowest BCUT2D eigenvalue weighted by Gasteiger charge is -1.96. The van der Waals surface area contributed by atoms with Gasteiger partial charge in [-0.2, -0.15) is 5.10 Å². The highest BCUT2D eigenvalue weighted by Gasteiger charge is 2.04. The molecule has 2 aromatic rings. The lowest BCUT2D eigenvalue weighted by atomic mass is 10.1. The number of nitrogens with zero attached hydrogens (tertiary/aromatic N) is 2. The van der Waals surface area contributed by atoms with Crippen molar-refractivity contribution in [2.24, 2.45) is 0 Å². The number of aryl methyl sites for hydroxylation is 1. The number of hydrogen-bond acceptors (Lipinski definition) is 2. The molecule has 4 heteroatoms. The van der Waals surface area contributed by atoms with Crippen LogP contribution in [-0.2, 0) is 6.54 Å². The van der Waals surface area contributed by atoms with Crippen molar-refractivity contribution in [1.29, 1.82) is 0 Å². The molecule has 0 aliphatic carbocycles. The van der Waals surface area contributed by atoms with Crippen LogP contribution in [0.25, 0.3) is 6.08 Å². The Labute approximate surface area is 114 Å². The number of halogens is 1. The van der Waals surface area contributed by atoms with E-state index in [1.54, 1.807) is 29.2 Å². The van der Waals surface area contributed by atoms with Crippen molar-refractivity contribution in [3.05, 3.63) is 58.3 Å². The van der Waals surface area contributed by atoms with Crippen molar-refractivity contribution in [2.45, 2.75) is 13.5 Å². The van der Waals surface area contributed by atoms with Crippen molar-refractivity contribution in [2.75, 3.05) is 0 Å². The van der Waals surface area contributed by atoms with E-state index in [1.807, 2.05) is 31.2 Å². The molecule has 0 fully saturated rings. The van der Waals surface area contributed by atoms with Crippen LogP contribution in [0.1, 0.15) is 22.8 Å². The van der Waals surface area contributed by atoms with Gasteiger partial charge in [-0.1, -0.05) is 34.1 Å². The van der Waals surface area contributed by atoms with E-state index < -0.39 is 0 Å². The van der Waals surface area contributed by atoms with Gasteiger partial charge in [0.25, 0.3) is 0 Å². The minimum Gasteiger partial charge on any atom is -0.289 e. The summed E-state index contributed by atoms with van der Waals surface area (Å²) in [6.07, 6.45) is 6.72. The summed E-state index contributed by atoms with van der Waals surface area (Å²) in [5.74, 6) is -0.0366. The Morgan fingerprint density at radius 2 is 2.22 bits per heavy atom. The van der Waals surface area contributed by atoms with Crippen LogP contribution in [0.15, 0.2) is 47.2 Å². The molecule has 1 aromatic carbocycles. The summed E-state index contributed by atoms with van der Waals surface area (Å²) >= 11 is 3.44. The fraction of sp³-hybridized carbons (Fsp3) is 0.143. The third-order valence-corrected chi connectivity index (χ3v) is 3.28. The zero-order valence-electron chi connectivity index (χ0n) is 10.0. The molecule has 2 rings (SSSR count). The summed E-state index contributed by atoms with van der Waals surface area (Å²) in [5, 5.41) is 4.08. The van der Waals surface area contributed by atoms with Crippen LogP contribution in [0.2, 0.25) is 0 Å². The Morgan fingerprint density at radius 1 is 1.44 bits per heavy atom. The summed E-state index contributed by atoms with van der Waals surface area (Å²) in [7, 11) is 0. The first-order valence-corrected chi connectivity index (χ1v) is 6.49. The number of carbonyl (C=O) groups is 1. The number of allylic oxidation sites excluding steroid dienone is 1. The van der Waals surface area contributed by atoms with E-state index in [-0.39, 0.29) is 5.78 Å². The quantitative estimate of drug-likeness (QED) is 0.639. The molecule has 0 unspecified atom stereocenters. The van der Waals surface area contributed by atoms with Gasteiger partial charge in [-0.05, 0) is 30.7 Å². The van der Waals surface area contributed by atoms with Crippen molar-refractivity contribution >= 4 is 27.8 Å². The van der Waals surface area contributed by atoms with Gasteiger partial charge in [-0.25, -0.2) is 0 Å². The second-order valence-electron chi connectivity index (χ2n) is 3.80. The van der Waals surface area contributed by atoms with E-state index in [0.29, 0.717) is 5.56 Å². The molecule has 0 aliphatic rings. The average Bonchev–Trinajstić information content (AvgIpc) is 2.86. The van der Waals surface area contributed by atoms with Crippen LogP contribution < -0.4 is 0 Å². The van der Waals surface area contributed by atoms with Crippen molar-refractivity contribution < 1.29 is 4.79 Å². The molecule has 3 nitrogen and oxygen atoms in total. The molecule has 0 bridgehead atoms. The van der Waals surface area contributed by atoms with Gasteiger partial charge in [0.05, 0.1) is 11.8 Å². The van der Waals surface area contributed by atoms with Gasteiger partial charge in [0.15, 0.2) is 5.78 Å². The van der Waals surface area contributed by atoms with E-state index in [9.17, 15) is 4.79 Å². The van der Waals surface area contributed by atoms with Gasteiger partial charge in [-0.3, -0.25) is 9.48 Å². The molecule has 1 heterocycles. The van der Waals surface area contributed by atoms with Gasteiger partial charge in [0, 0.05) is 17.2 Å². The van der Waals surface area contributed by atoms with Crippen LogP contribution in [0, 0.1) is 0 Å². The molecule has 0 radical (unpaired) electrons. The highest BCUT2D eigenvalue weighted by atomic mass is 79.9. The summed E-state index contributed by atoms with van der Waals surface area (Å²) in [6, 6.07) is 7.77. The molecular formula is C14H13BrN2O. The minimum atomic E-state index is -0.0366. The van der Waals surface area contributed by atoms with Crippen molar-refractivity contribution in [1.82, 2.24) is 9.78 Å². The van der Waals surface area contributed by atoms with Crippen LogP contribution in [-0.4, -0.2) is 15.6 Å². The van der Waals surface area contributed by atoms with Crippen LogP contribution >= 0.6 is 15.9 Å². The molecule has 18 heavy (non-hydrogen) atoms. The first-order chi connectivity index (χ1) is 8.70. The molecule has 0 atom stereocenters. The van der Waals surface area contributed by atoms with E-state index in [1.165, 1.54) is 0 Å². The van der Waals surface area contributed by atoms with Crippen LogP contribution in [0.3, 0.4) is 0 Å². The number of hydrogen-bond donors (Lipinski definition) is 0. The molecule has 0 N–H and O–H groups in total. The van der Waals surface area contributed by atoms with Crippen molar-refractivity contribution in [3.8, 4) is 0 Å². The van der Waals surface area contributed by atoms with E-state index in [2.05, 4.69) is 21.0 Å². The first-order valence-electron chi connectivity index (χ1n) is 5.70. The predicted octanol–water partition coefficient (Wildman–Crippen LogP) is 3.56. The SMILES string of the molecule is CCn1cc(C(=O)/C=C/c2ccccc2Br)cn1.